The van der Waals surface area contributed by atoms with Gasteiger partial charge in [0.1, 0.15) is 19.0 Å². The molecule has 2 N–H and O–H groups in total. The first kappa shape index (κ1) is 21.4. The van der Waals surface area contributed by atoms with Crippen molar-refractivity contribution in [2.45, 2.75) is 31.2 Å². The predicted molar refractivity (Wildman–Crippen MR) is 107 cm³/mol. The standard InChI is InChI=1S/C19H20ClFN2O5S/c1-3-11(2)23-29(25,26)13-9-14(18-17(10-13)27-6-7-28-18)19(24)22-12-4-5-16(21)15(20)8-12/h4-5,8-11,23H,3,6-7H2,1-2H3,(H,22,24). The number of fused-ring (bicyclic) bond motifs is 1. The summed E-state index contributed by atoms with van der Waals surface area (Å²) in [6.07, 6.45) is 0.600. The highest BCUT2D eigenvalue weighted by Gasteiger charge is 2.27. The van der Waals surface area contributed by atoms with Gasteiger partial charge in [-0.1, -0.05) is 18.5 Å². The average Bonchev–Trinajstić information content (AvgIpc) is 2.69. The van der Waals surface area contributed by atoms with E-state index in [9.17, 15) is 17.6 Å². The molecule has 0 radical (unpaired) electrons. The van der Waals surface area contributed by atoms with Gasteiger partial charge in [0.2, 0.25) is 10.0 Å². The van der Waals surface area contributed by atoms with Crippen LogP contribution in [0.4, 0.5) is 10.1 Å². The maximum Gasteiger partial charge on any atom is 0.259 e. The van der Waals surface area contributed by atoms with Crippen molar-refractivity contribution < 1.29 is 27.1 Å². The molecule has 1 aliphatic heterocycles. The molecule has 0 aliphatic carbocycles. The van der Waals surface area contributed by atoms with Crippen LogP contribution in [0.1, 0.15) is 30.6 Å². The van der Waals surface area contributed by atoms with Gasteiger partial charge in [-0.15, -0.1) is 0 Å². The van der Waals surface area contributed by atoms with Gasteiger partial charge in [0.05, 0.1) is 15.5 Å². The summed E-state index contributed by atoms with van der Waals surface area (Å²) in [5.41, 5.74) is 0.227. The van der Waals surface area contributed by atoms with Crippen LogP contribution in [0.15, 0.2) is 35.2 Å². The molecule has 1 amide bonds. The normalized spacial score (nSPS) is 14.3. The van der Waals surface area contributed by atoms with Crippen molar-refractivity contribution in [3.05, 3.63) is 46.7 Å². The van der Waals surface area contributed by atoms with Crippen molar-refractivity contribution in [2.24, 2.45) is 0 Å². The molecule has 0 saturated heterocycles. The van der Waals surface area contributed by atoms with Crippen LogP contribution in [0.2, 0.25) is 5.02 Å². The van der Waals surface area contributed by atoms with Crippen LogP contribution < -0.4 is 19.5 Å². The summed E-state index contributed by atoms with van der Waals surface area (Å²) >= 11 is 5.75. The molecule has 156 valence electrons. The maximum atomic E-state index is 13.3. The monoisotopic (exact) mass is 442 g/mol. The molecule has 10 heteroatoms. The van der Waals surface area contributed by atoms with Gasteiger partial charge in [-0.25, -0.2) is 17.5 Å². The van der Waals surface area contributed by atoms with Crippen LogP contribution in [0.3, 0.4) is 0 Å². The molecule has 1 unspecified atom stereocenters. The van der Waals surface area contributed by atoms with Crippen molar-refractivity contribution in [1.29, 1.82) is 0 Å². The van der Waals surface area contributed by atoms with E-state index in [-0.39, 0.29) is 51.9 Å². The van der Waals surface area contributed by atoms with Gasteiger partial charge in [-0.2, -0.15) is 0 Å². The number of hydrogen-bond donors (Lipinski definition) is 2. The molecule has 0 spiro atoms. The van der Waals surface area contributed by atoms with Gasteiger partial charge in [-0.05, 0) is 37.6 Å². The molecule has 0 bridgehead atoms. The molecule has 2 aromatic rings. The Hall–Kier alpha value is -2.36. The molecular weight excluding hydrogens is 423 g/mol. The summed E-state index contributed by atoms with van der Waals surface area (Å²) in [5.74, 6) is -0.965. The highest BCUT2D eigenvalue weighted by Crippen LogP contribution is 2.37. The van der Waals surface area contributed by atoms with Crippen molar-refractivity contribution in [3.63, 3.8) is 0 Å². The molecule has 2 aromatic carbocycles. The summed E-state index contributed by atoms with van der Waals surface area (Å²) in [7, 11) is -3.88. The number of amides is 1. The lowest BCUT2D eigenvalue weighted by molar-refractivity contribution is 0.101. The molecular formula is C19H20ClFN2O5S. The molecule has 1 atom stereocenters. The van der Waals surface area contributed by atoms with Crippen LogP contribution in [0.5, 0.6) is 11.5 Å². The first-order chi connectivity index (χ1) is 13.7. The SMILES string of the molecule is CCC(C)NS(=O)(=O)c1cc2c(c(C(=O)Nc3ccc(F)c(Cl)c3)c1)OCCO2. The predicted octanol–water partition coefficient (Wildman–Crippen LogP) is 3.58. The average molecular weight is 443 g/mol. The number of hydrogen-bond acceptors (Lipinski definition) is 5. The molecule has 29 heavy (non-hydrogen) atoms. The lowest BCUT2D eigenvalue weighted by Crippen LogP contribution is -2.32. The summed E-state index contributed by atoms with van der Waals surface area (Å²) in [4.78, 5) is 12.7. The topological polar surface area (TPSA) is 93.7 Å². The summed E-state index contributed by atoms with van der Waals surface area (Å²) in [5, 5.41) is 2.41. The minimum Gasteiger partial charge on any atom is -0.486 e. The third-order valence-electron chi connectivity index (χ3n) is 4.32. The third kappa shape index (κ3) is 4.80. The number of anilines is 1. The molecule has 7 nitrogen and oxygen atoms in total. The Balaban J connectivity index is 2.00. The summed E-state index contributed by atoms with van der Waals surface area (Å²) in [6.45, 7) is 4.03. The second-order valence-electron chi connectivity index (χ2n) is 6.51. The van der Waals surface area contributed by atoms with E-state index < -0.39 is 21.7 Å². The zero-order chi connectivity index (χ0) is 21.2. The van der Waals surface area contributed by atoms with Crippen LogP contribution in [0.25, 0.3) is 0 Å². The van der Waals surface area contributed by atoms with Gasteiger partial charge in [-0.3, -0.25) is 4.79 Å². The summed E-state index contributed by atoms with van der Waals surface area (Å²) in [6, 6.07) is 5.97. The number of halogens is 2. The molecule has 0 fully saturated rings. The number of nitrogens with one attached hydrogen (secondary N) is 2. The van der Waals surface area contributed by atoms with E-state index in [1.165, 1.54) is 24.3 Å². The van der Waals surface area contributed by atoms with Crippen molar-refractivity contribution in [3.8, 4) is 11.5 Å². The Morgan fingerprint density at radius 3 is 2.66 bits per heavy atom. The Labute approximate surface area is 173 Å². The van der Waals surface area contributed by atoms with Crippen LogP contribution in [-0.2, 0) is 10.0 Å². The smallest absolute Gasteiger partial charge is 0.259 e. The zero-order valence-corrected chi connectivity index (χ0v) is 17.4. The van der Waals surface area contributed by atoms with E-state index in [1.807, 2.05) is 6.92 Å². The van der Waals surface area contributed by atoms with E-state index in [0.29, 0.717) is 6.42 Å². The summed E-state index contributed by atoms with van der Waals surface area (Å²) < 4.78 is 52.3. The highest BCUT2D eigenvalue weighted by molar-refractivity contribution is 7.89. The van der Waals surface area contributed by atoms with E-state index in [1.54, 1.807) is 6.92 Å². The lowest BCUT2D eigenvalue weighted by atomic mass is 10.1. The van der Waals surface area contributed by atoms with Gasteiger partial charge >= 0.3 is 0 Å². The third-order valence-corrected chi connectivity index (χ3v) is 6.18. The number of sulfonamides is 1. The van der Waals surface area contributed by atoms with Gasteiger partial charge < -0.3 is 14.8 Å². The van der Waals surface area contributed by atoms with Crippen molar-refractivity contribution in [1.82, 2.24) is 4.72 Å². The molecule has 1 aliphatic rings. The number of rotatable bonds is 6. The van der Waals surface area contributed by atoms with E-state index >= 15 is 0 Å². The Bertz CT molecular complexity index is 1050. The molecule has 3 rings (SSSR count). The fraction of sp³-hybridized carbons (Fsp3) is 0.316. The number of carbonyl (C=O) groups excluding carboxylic acids is 1. The van der Waals surface area contributed by atoms with Crippen LogP contribution in [0, 0.1) is 5.82 Å². The Morgan fingerprint density at radius 1 is 1.24 bits per heavy atom. The second-order valence-corrected chi connectivity index (χ2v) is 8.63. The largest absolute Gasteiger partial charge is 0.486 e. The van der Waals surface area contributed by atoms with Gasteiger partial charge in [0.25, 0.3) is 5.91 Å². The fourth-order valence-electron chi connectivity index (χ4n) is 2.64. The maximum absolute atomic E-state index is 13.3. The first-order valence-corrected chi connectivity index (χ1v) is 10.8. The van der Waals surface area contributed by atoms with E-state index in [2.05, 4.69) is 10.0 Å². The van der Waals surface area contributed by atoms with Gasteiger partial charge in [0, 0.05) is 17.8 Å². The fourth-order valence-corrected chi connectivity index (χ4v) is 4.19. The molecule has 0 saturated carbocycles. The Kier molecular flexibility index (Phi) is 6.30. The van der Waals surface area contributed by atoms with E-state index in [4.69, 9.17) is 21.1 Å². The number of carbonyl (C=O) groups is 1. The number of benzene rings is 2. The molecule has 1 heterocycles. The van der Waals surface area contributed by atoms with Crippen molar-refractivity contribution in [2.75, 3.05) is 18.5 Å². The van der Waals surface area contributed by atoms with Crippen LogP contribution in [-0.4, -0.2) is 33.6 Å². The first-order valence-electron chi connectivity index (χ1n) is 8.93. The minimum absolute atomic E-state index is 0.0211. The van der Waals surface area contributed by atoms with Crippen molar-refractivity contribution >= 4 is 33.2 Å². The molecule has 0 aromatic heterocycles. The Morgan fingerprint density at radius 2 is 1.97 bits per heavy atom. The van der Waals surface area contributed by atoms with Gasteiger partial charge in [0.15, 0.2) is 11.5 Å². The highest BCUT2D eigenvalue weighted by atomic mass is 35.5. The minimum atomic E-state index is -3.88. The van der Waals surface area contributed by atoms with Crippen LogP contribution >= 0.6 is 11.6 Å². The quantitative estimate of drug-likeness (QED) is 0.713. The van der Waals surface area contributed by atoms with E-state index in [0.717, 1.165) is 6.07 Å². The second kappa shape index (κ2) is 8.56. The zero-order valence-electron chi connectivity index (χ0n) is 15.8. The lowest BCUT2D eigenvalue weighted by Gasteiger charge is -2.22. The number of ether oxygens (including phenoxy) is 2.